The molecule has 1 unspecified atom stereocenters. The van der Waals surface area contributed by atoms with E-state index in [1.807, 2.05) is 25.1 Å². The number of ketones is 1. The minimum absolute atomic E-state index is 0.0891. The van der Waals surface area contributed by atoms with Gasteiger partial charge in [0.2, 0.25) is 0 Å². The van der Waals surface area contributed by atoms with Crippen molar-refractivity contribution < 1.29 is 18.7 Å². The third-order valence-electron chi connectivity index (χ3n) is 4.57. The predicted molar refractivity (Wildman–Crippen MR) is 91.6 cm³/mol. The Kier molecular flexibility index (Phi) is 3.57. The molecule has 126 valence electrons. The van der Waals surface area contributed by atoms with Crippen LogP contribution in [0.3, 0.4) is 0 Å². The lowest BCUT2D eigenvalue weighted by atomic mass is 9.83. The number of hydrogen-bond acceptors (Lipinski definition) is 5. The molecule has 4 rings (SSSR count). The lowest BCUT2D eigenvalue weighted by Gasteiger charge is -2.27. The summed E-state index contributed by atoms with van der Waals surface area (Å²) in [5, 5.41) is 3.24. The van der Waals surface area contributed by atoms with Crippen molar-refractivity contribution in [3.63, 3.8) is 0 Å². The zero-order valence-electron chi connectivity index (χ0n) is 14.0. The predicted octanol–water partition coefficient (Wildman–Crippen LogP) is 3.41. The fourth-order valence-electron chi connectivity index (χ4n) is 3.55. The second-order valence-electron chi connectivity index (χ2n) is 6.00. The topological polar surface area (TPSA) is 68.5 Å². The van der Waals surface area contributed by atoms with Gasteiger partial charge in [-0.15, -0.1) is 0 Å². The van der Waals surface area contributed by atoms with Crippen molar-refractivity contribution in [3.05, 3.63) is 76.4 Å². The molecule has 0 saturated carbocycles. The summed E-state index contributed by atoms with van der Waals surface area (Å²) >= 11 is 0. The zero-order chi connectivity index (χ0) is 17.6. The monoisotopic (exact) mass is 335 g/mol. The van der Waals surface area contributed by atoms with E-state index in [-0.39, 0.29) is 12.4 Å². The van der Waals surface area contributed by atoms with E-state index in [4.69, 9.17) is 9.15 Å². The number of benzene rings is 1. The molecular formula is C20H17NO4. The van der Waals surface area contributed by atoms with Crippen LogP contribution < -0.4 is 5.32 Å². The fourth-order valence-corrected chi connectivity index (χ4v) is 3.55. The first kappa shape index (κ1) is 15.4. The first-order valence-corrected chi connectivity index (χ1v) is 8.20. The Labute approximate surface area is 145 Å². The second-order valence-corrected chi connectivity index (χ2v) is 6.00. The molecule has 0 spiro atoms. The van der Waals surface area contributed by atoms with Crippen LogP contribution in [0.2, 0.25) is 0 Å². The maximum Gasteiger partial charge on any atom is 0.336 e. The van der Waals surface area contributed by atoms with Crippen LogP contribution in [0.5, 0.6) is 0 Å². The molecular weight excluding hydrogens is 318 g/mol. The van der Waals surface area contributed by atoms with Crippen LogP contribution in [0.1, 0.15) is 41.4 Å². The molecule has 2 aromatic rings. The number of Topliss-reactive ketones (excluding diaryl/α,β-unsaturated/α-hetero) is 1. The van der Waals surface area contributed by atoms with Crippen molar-refractivity contribution in [3.8, 4) is 0 Å². The summed E-state index contributed by atoms with van der Waals surface area (Å²) in [6.07, 6.45) is 1.54. The second kappa shape index (κ2) is 5.77. The maximum absolute atomic E-state index is 13.1. The van der Waals surface area contributed by atoms with Gasteiger partial charge in [-0.2, -0.15) is 0 Å². The molecule has 0 bridgehead atoms. The van der Waals surface area contributed by atoms with E-state index in [2.05, 4.69) is 5.32 Å². The number of esters is 1. The largest absolute Gasteiger partial charge is 0.468 e. The van der Waals surface area contributed by atoms with Crippen molar-refractivity contribution >= 4 is 17.4 Å². The van der Waals surface area contributed by atoms with Gasteiger partial charge in [0, 0.05) is 22.4 Å². The standard InChI is InChI=1S/C20H17NO4/c1-3-24-20(23)15-11(2)21-18-12-7-4-5-8-13(12)19(22)17(18)16(15)14-9-6-10-25-14/h4-10,16,21H,3H2,1-2H3. The number of hydrogen-bond donors (Lipinski definition) is 1. The molecule has 0 saturated heterocycles. The smallest absolute Gasteiger partial charge is 0.336 e. The normalized spacial score (nSPS) is 18.8. The van der Waals surface area contributed by atoms with E-state index in [9.17, 15) is 9.59 Å². The molecule has 1 N–H and O–H groups in total. The van der Waals surface area contributed by atoms with Crippen molar-refractivity contribution in [1.29, 1.82) is 0 Å². The van der Waals surface area contributed by atoms with Gasteiger partial charge in [-0.25, -0.2) is 4.79 Å². The molecule has 2 aliphatic rings. The van der Waals surface area contributed by atoms with Crippen LogP contribution in [-0.2, 0) is 9.53 Å². The van der Waals surface area contributed by atoms with Gasteiger partial charge in [0.1, 0.15) is 5.76 Å². The Morgan fingerprint density at radius 3 is 2.64 bits per heavy atom. The quantitative estimate of drug-likeness (QED) is 0.871. The Morgan fingerprint density at radius 1 is 1.20 bits per heavy atom. The number of carbonyl (C=O) groups is 2. The van der Waals surface area contributed by atoms with Crippen LogP contribution in [0.25, 0.3) is 5.70 Å². The van der Waals surface area contributed by atoms with Crippen LogP contribution in [0.15, 0.2) is 63.9 Å². The van der Waals surface area contributed by atoms with Gasteiger partial charge in [-0.3, -0.25) is 4.79 Å². The molecule has 2 heterocycles. The Bertz CT molecular complexity index is 934. The number of dihydropyridines is 1. The van der Waals surface area contributed by atoms with Crippen LogP contribution in [0.4, 0.5) is 0 Å². The van der Waals surface area contributed by atoms with Gasteiger partial charge in [0.25, 0.3) is 0 Å². The molecule has 1 aliphatic carbocycles. The highest BCUT2D eigenvalue weighted by Gasteiger charge is 2.43. The highest BCUT2D eigenvalue weighted by molar-refractivity contribution is 6.23. The number of allylic oxidation sites excluding steroid dienone is 2. The average Bonchev–Trinajstić information content (AvgIpc) is 3.22. The van der Waals surface area contributed by atoms with E-state index >= 15 is 0 Å². The lowest BCUT2D eigenvalue weighted by Crippen LogP contribution is -2.29. The number of fused-ring (bicyclic) bond motifs is 2. The minimum Gasteiger partial charge on any atom is -0.468 e. The van der Waals surface area contributed by atoms with Crippen molar-refractivity contribution in [2.24, 2.45) is 0 Å². The van der Waals surface area contributed by atoms with E-state index in [1.165, 1.54) is 0 Å². The maximum atomic E-state index is 13.1. The van der Waals surface area contributed by atoms with Crippen LogP contribution in [0, 0.1) is 0 Å². The van der Waals surface area contributed by atoms with Gasteiger partial charge >= 0.3 is 5.97 Å². The molecule has 25 heavy (non-hydrogen) atoms. The summed E-state index contributed by atoms with van der Waals surface area (Å²) < 4.78 is 10.8. The summed E-state index contributed by atoms with van der Waals surface area (Å²) in [6.45, 7) is 3.84. The van der Waals surface area contributed by atoms with Gasteiger partial charge < -0.3 is 14.5 Å². The summed E-state index contributed by atoms with van der Waals surface area (Å²) in [7, 11) is 0. The summed E-state index contributed by atoms with van der Waals surface area (Å²) in [4.78, 5) is 25.6. The summed E-state index contributed by atoms with van der Waals surface area (Å²) in [5.74, 6) is -0.555. The molecule has 0 fully saturated rings. The van der Waals surface area contributed by atoms with Gasteiger partial charge in [-0.05, 0) is 26.0 Å². The third-order valence-corrected chi connectivity index (χ3v) is 4.57. The molecule has 1 aromatic heterocycles. The molecule has 0 radical (unpaired) electrons. The number of ether oxygens (including phenoxy) is 1. The molecule has 1 aliphatic heterocycles. The van der Waals surface area contributed by atoms with Crippen LogP contribution in [-0.4, -0.2) is 18.4 Å². The summed E-state index contributed by atoms with van der Waals surface area (Å²) in [5.41, 5.74) is 3.84. The molecule has 5 heteroatoms. The van der Waals surface area contributed by atoms with E-state index < -0.39 is 11.9 Å². The number of carbonyl (C=O) groups excluding carboxylic acids is 2. The first-order valence-electron chi connectivity index (χ1n) is 8.20. The van der Waals surface area contributed by atoms with Gasteiger partial charge in [0.15, 0.2) is 5.78 Å². The first-order chi connectivity index (χ1) is 12.1. The minimum atomic E-state index is -0.579. The Morgan fingerprint density at radius 2 is 1.96 bits per heavy atom. The molecule has 1 aromatic carbocycles. The van der Waals surface area contributed by atoms with Crippen molar-refractivity contribution in [2.75, 3.05) is 6.61 Å². The third kappa shape index (κ3) is 2.23. The number of nitrogens with one attached hydrogen (secondary N) is 1. The molecule has 0 amide bonds. The van der Waals surface area contributed by atoms with E-state index in [1.54, 1.807) is 31.4 Å². The molecule has 1 atom stereocenters. The number of rotatable bonds is 3. The van der Waals surface area contributed by atoms with Crippen molar-refractivity contribution in [2.45, 2.75) is 19.8 Å². The highest BCUT2D eigenvalue weighted by atomic mass is 16.5. The van der Waals surface area contributed by atoms with Crippen LogP contribution >= 0.6 is 0 Å². The van der Waals surface area contributed by atoms with E-state index in [0.29, 0.717) is 28.2 Å². The zero-order valence-corrected chi connectivity index (χ0v) is 14.0. The Hall–Kier alpha value is -3.08. The number of furan rings is 1. The SMILES string of the molecule is CCOC(=O)C1=C(C)NC2=C(C(=O)c3ccccc32)C1c1ccco1. The van der Waals surface area contributed by atoms with E-state index in [0.717, 1.165) is 11.3 Å². The van der Waals surface area contributed by atoms with Crippen molar-refractivity contribution in [1.82, 2.24) is 5.32 Å². The average molecular weight is 335 g/mol. The Balaban J connectivity index is 1.91. The fraction of sp³-hybridized carbons (Fsp3) is 0.200. The van der Waals surface area contributed by atoms with Gasteiger partial charge in [-0.1, -0.05) is 24.3 Å². The summed E-state index contributed by atoms with van der Waals surface area (Å²) in [6, 6.07) is 11.0. The molecule has 5 nitrogen and oxygen atoms in total. The highest BCUT2D eigenvalue weighted by Crippen LogP contribution is 2.46. The lowest BCUT2D eigenvalue weighted by molar-refractivity contribution is -0.138. The van der Waals surface area contributed by atoms with Gasteiger partial charge in [0.05, 0.1) is 30.1 Å².